The number of nitrogens with one attached hydrogen (secondary N) is 1. The highest BCUT2D eigenvalue weighted by Gasteiger charge is 2.18. The van der Waals surface area contributed by atoms with Crippen molar-refractivity contribution < 1.29 is 0 Å². The van der Waals surface area contributed by atoms with Crippen molar-refractivity contribution in [3.63, 3.8) is 0 Å². The number of hydrogen-bond acceptors (Lipinski definition) is 5. The molecule has 3 heterocycles. The van der Waals surface area contributed by atoms with Gasteiger partial charge in [0.25, 0.3) is 0 Å². The minimum atomic E-state index is 0.433. The van der Waals surface area contributed by atoms with Gasteiger partial charge in [-0.1, -0.05) is 42.5 Å². The molecule has 0 atom stereocenters. The minimum absolute atomic E-state index is 0.433. The second-order valence-electron chi connectivity index (χ2n) is 6.96. The van der Waals surface area contributed by atoms with Gasteiger partial charge in [-0.3, -0.25) is 4.98 Å². The minimum Gasteiger partial charge on any atom is -0.384 e. The van der Waals surface area contributed by atoms with Gasteiger partial charge in [0.15, 0.2) is 5.11 Å². The van der Waals surface area contributed by atoms with Gasteiger partial charge < -0.3 is 11.1 Å². The maximum atomic E-state index is 5.95. The molecule has 0 aliphatic heterocycles. The van der Waals surface area contributed by atoms with Gasteiger partial charge in [0.2, 0.25) is 0 Å². The average molecular weight is 423 g/mol. The summed E-state index contributed by atoms with van der Waals surface area (Å²) in [6.07, 6.45) is 3.71. The Balaban J connectivity index is 1.66. The molecule has 0 saturated carbocycles. The molecule has 0 saturated heterocycles. The predicted molar refractivity (Wildman–Crippen MR) is 129 cm³/mol. The van der Waals surface area contributed by atoms with E-state index in [0.29, 0.717) is 22.3 Å². The van der Waals surface area contributed by atoms with E-state index in [-0.39, 0.29) is 0 Å². The third kappa shape index (κ3) is 3.74. The summed E-state index contributed by atoms with van der Waals surface area (Å²) in [5.41, 5.74) is 11.0. The Morgan fingerprint density at radius 1 is 0.871 bits per heavy atom. The fraction of sp³-hybridized carbons (Fsp3) is 0. The Morgan fingerprint density at radius 3 is 2.52 bits per heavy atom. The summed E-state index contributed by atoms with van der Waals surface area (Å²) in [6, 6.07) is 25.3. The first-order valence-electron chi connectivity index (χ1n) is 9.72. The van der Waals surface area contributed by atoms with Gasteiger partial charge in [-0.2, -0.15) is 5.10 Å². The molecule has 0 bridgehead atoms. The van der Waals surface area contributed by atoms with Crippen LogP contribution in [-0.2, 0) is 0 Å². The first-order chi connectivity index (χ1) is 15.2. The molecular formula is C24H18N6S. The lowest BCUT2D eigenvalue weighted by atomic mass is 10.0. The number of nitrogens with zero attached hydrogens (tertiary/aromatic N) is 4. The van der Waals surface area contributed by atoms with E-state index in [0.717, 1.165) is 27.7 Å². The highest BCUT2D eigenvalue weighted by molar-refractivity contribution is 7.80. The molecule has 3 N–H and O–H groups in total. The molecule has 7 heteroatoms. The van der Waals surface area contributed by atoms with E-state index in [1.54, 1.807) is 16.9 Å². The Labute approximate surface area is 184 Å². The van der Waals surface area contributed by atoms with Crippen LogP contribution in [0.5, 0.6) is 0 Å². The zero-order chi connectivity index (χ0) is 21.2. The molecule has 31 heavy (non-hydrogen) atoms. The summed E-state index contributed by atoms with van der Waals surface area (Å²) in [4.78, 5) is 8.97. The molecule has 0 unspecified atom stereocenters. The van der Waals surface area contributed by atoms with Gasteiger partial charge in [0.1, 0.15) is 11.5 Å². The number of fused-ring (bicyclic) bond motifs is 1. The molecule has 5 rings (SSSR count). The first kappa shape index (κ1) is 18.9. The smallest absolute Gasteiger partial charge is 0.198 e. The van der Waals surface area contributed by atoms with Crippen LogP contribution in [0.3, 0.4) is 0 Å². The van der Waals surface area contributed by atoms with Gasteiger partial charge in [0.05, 0.1) is 11.2 Å². The molecule has 2 aromatic carbocycles. The highest BCUT2D eigenvalue weighted by Crippen LogP contribution is 2.34. The molecule has 0 aliphatic rings. The number of anilines is 2. The predicted octanol–water partition coefficient (Wildman–Crippen LogP) is 4.99. The second-order valence-corrected chi connectivity index (χ2v) is 7.34. The van der Waals surface area contributed by atoms with Crippen LogP contribution < -0.4 is 11.1 Å². The third-order valence-corrected chi connectivity index (χ3v) is 5.19. The normalized spacial score (nSPS) is 10.8. The van der Waals surface area contributed by atoms with Gasteiger partial charge >= 0.3 is 0 Å². The summed E-state index contributed by atoms with van der Waals surface area (Å²) in [5.74, 6) is 0.433. The number of thiocarbonyl (C=S) groups is 1. The Kier molecular flexibility index (Phi) is 4.86. The van der Waals surface area contributed by atoms with E-state index < -0.39 is 0 Å². The molecule has 0 radical (unpaired) electrons. The monoisotopic (exact) mass is 422 g/mol. The zero-order valence-corrected chi connectivity index (χ0v) is 17.3. The topological polar surface area (TPSA) is 81.6 Å². The lowest BCUT2D eigenvalue weighted by molar-refractivity contribution is 0.948. The Morgan fingerprint density at radius 2 is 1.68 bits per heavy atom. The van der Waals surface area contributed by atoms with Crippen LogP contribution in [0.1, 0.15) is 0 Å². The van der Waals surface area contributed by atoms with Crippen molar-refractivity contribution in [3.8, 4) is 22.5 Å². The van der Waals surface area contributed by atoms with E-state index in [1.807, 2.05) is 79.0 Å². The van der Waals surface area contributed by atoms with Crippen LogP contribution in [0.25, 0.3) is 33.4 Å². The number of aromatic nitrogens is 4. The highest BCUT2D eigenvalue weighted by atomic mass is 32.1. The van der Waals surface area contributed by atoms with Crippen molar-refractivity contribution >= 4 is 39.7 Å². The molecule has 5 aromatic rings. The van der Waals surface area contributed by atoms with Crippen molar-refractivity contribution in [2.45, 2.75) is 0 Å². The van der Waals surface area contributed by atoms with Crippen molar-refractivity contribution in [1.29, 1.82) is 0 Å². The van der Waals surface area contributed by atoms with Crippen LogP contribution in [0.15, 0.2) is 91.3 Å². The number of para-hydroxylation sites is 2. The Bertz CT molecular complexity index is 1390. The standard InChI is InChI=1S/C24H18N6S/c25-22-12-6-11-21(28-22)23-19(17-13-14-26-20-10-5-4-9-18(17)20)15-30(29-23)24(31)27-16-7-2-1-3-8-16/h1-15H,(H2,25,28)(H,27,31). The van der Waals surface area contributed by atoms with Crippen molar-refractivity contribution in [2.75, 3.05) is 11.1 Å². The van der Waals surface area contributed by atoms with Crippen LogP contribution in [0.4, 0.5) is 11.5 Å². The van der Waals surface area contributed by atoms with Crippen LogP contribution in [-0.4, -0.2) is 24.9 Å². The molecule has 6 nitrogen and oxygen atoms in total. The summed E-state index contributed by atoms with van der Waals surface area (Å²) in [6.45, 7) is 0. The number of rotatable bonds is 3. The summed E-state index contributed by atoms with van der Waals surface area (Å²) in [7, 11) is 0. The van der Waals surface area contributed by atoms with Crippen molar-refractivity contribution in [1.82, 2.24) is 19.7 Å². The molecule has 0 aliphatic carbocycles. The number of hydrogen-bond donors (Lipinski definition) is 2. The summed E-state index contributed by atoms with van der Waals surface area (Å²) in [5, 5.41) is 9.48. The average Bonchev–Trinajstić information content (AvgIpc) is 3.25. The number of benzene rings is 2. The van der Waals surface area contributed by atoms with E-state index in [1.165, 1.54) is 0 Å². The largest absolute Gasteiger partial charge is 0.384 e. The number of nitrogen functional groups attached to an aromatic ring is 1. The SMILES string of the molecule is Nc1cccc(-c2nn(C(=S)Nc3ccccc3)cc2-c2ccnc3ccccc23)n1. The van der Waals surface area contributed by atoms with E-state index >= 15 is 0 Å². The van der Waals surface area contributed by atoms with E-state index in [2.05, 4.69) is 15.3 Å². The maximum absolute atomic E-state index is 5.95. The molecular weight excluding hydrogens is 404 g/mol. The van der Waals surface area contributed by atoms with Crippen LogP contribution >= 0.6 is 12.2 Å². The first-order valence-corrected chi connectivity index (χ1v) is 10.1. The lowest BCUT2D eigenvalue weighted by Gasteiger charge is -2.07. The fourth-order valence-corrected chi connectivity index (χ4v) is 3.69. The second kappa shape index (κ2) is 7.97. The molecule has 0 amide bonds. The number of nitrogens with two attached hydrogens (primary N) is 1. The van der Waals surface area contributed by atoms with Crippen molar-refractivity contribution in [2.24, 2.45) is 0 Å². The number of pyridine rings is 2. The van der Waals surface area contributed by atoms with Crippen LogP contribution in [0, 0.1) is 0 Å². The third-order valence-electron chi connectivity index (χ3n) is 4.90. The fourth-order valence-electron chi connectivity index (χ4n) is 3.48. The Hall–Kier alpha value is -4.10. The van der Waals surface area contributed by atoms with E-state index in [4.69, 9.17) is 23.1 Å². The molecule has 150 valence electrons. The van der Waals surface area contributed by atoms with Crippen molar-refractivity contribution in [3.05, 3.63) is 91.3 Å². The lowest BCUT2D eigenvalue weighted by Crippen LogP contribution is -2.19. The molecule has 0 spiro atoms. The van der Waals surface area contributed by atoms with Gasteiger partial charge in [-0.15, -0.1) is 0 Å². The summed E-state index contributed by atoms with van der Waals surface area (Å²) >= 11 is 5.63. The molecule has 0 fully saturated rings. The van der Waals surface area contributed by atoms with Gasteiger partial charge in [-0.05, 0) is 54.2 Å². The maximum Gasteiger partial charge on any atom is 0.198 e. The summed E-state index contributed by atoms with van der Waals surface area (Å²) < 4.78 is 1.66. The van der Waals surface area contributed by atoms with Gasteiger partial charge in [-0.25, -0.2) is 9.67 Å². The van der Waals surface area contributed by atoms with Gasteiger partial charge in [0, 0.05) is 29.0 Å². The molecule has 3 aromatic heterocycles. The quantitative estimate of drug-likeness (QED) is 0.399. The van der Waals surface area contributed by atoms with E-state index in [9.17, 15) is 0 Å². The zero-order valence-electron chi connectivity index (χ0n) is 16.4. The van der Waals surface area contributed by atoms with Crippen LogP contribution in [0.2, 0.25) is 0 Å².